The van der Waals surface area contributed by atoms with Gasteiger partial charge in [-0.1, -0.05) is 18.2 Å². The molecule has 1 atom stereocenters. The van der Waals surface area contributed by atoms with Gasteiger partial charge >= 0.3 is 0 Å². The molecule has 0 bridgehead atoms. The second kappa shape index (κ2) is 7.27. The van der Waals surface area contributed by atoms with Crippen LogP contribution >= 0.6 is 7.37 Å². The first-order valence-corrected chi connectivity index (χ1v) is 10.4. The molecule has 128 valence electrons. The molecule has 2 aromatic carbocycles. The van der Waals surface area contributed by atoms with Gasteiger partial charge in [0.15, 0.2) is 0 Å². The zero-order valence-corrected chi connectivity index (χ0v) is 14.3. The molecule has 0 aliphatic heterocycles. The maximum Gasteiger partial charge on any atom is 0.238 e. The number of hydrogen-bond acceptors (Lipinski definition) is 4. The van der Waals surface area contributed by atoms with Crippen molar-refractivity contribution < 1.29 is 22.7 Å². The molecule has 0 aliphatic rings. The van der Waals surface area contributed by atoms with Gasteiger partial charge in [-0.25, -0.2) is 13.6 Å². The number of nitrogens with one attached hydrogen (secondary N) is 1. The van der Waals surface area contributed by atoms with E-state index in [0.717, 1.165) is 0 Å². The summed E-state index contributed by atoms with van der Waals surface area (Å²) in [7, 11) is -7.38. The van der Waals surface area contributed by atoms with Crippen molar-refractivity contribution in [1.82, 2.24) is 0 Å². The molecule has 4 N–H and O–H groups in total. The second-order valence-corrected chi connectivity index (χ2v) is 9.06. The van der Waals surface area contributed by atoms with Crippen molar-refractivity contribution in [2.75, 3.05) is 11.5 Å². The molecular formula is C15H17N2O5PS. The Kier molecular flexibility index (Phi) is 5.56. The van der Waals surface area contributed by atoms with Crippen molar-refractivity contribution in [2.45, 2.75) is 11.3 Å². The first-order valence-electron chi connectivity index (χ1n) is 6.99. The Balaban J connectivity index is 1.95. The van der Waals surface area contributed by atoms with Crippen LogP contribution in [0.25, 0.3) is 0 Å². The van der Waals surface area contributed by atoms with Gasteiger partial charge < -0.3 is 10.2 Å². The predicted octanol–water partition coefficient (Wildman–Crippen LogP) is 1.26. The molecule has 0 fully saturated rings. The van der Waals surface area contributed by atoms with Crippen molar-refractivity contribution in [1.29, 1.82) is 0 Å². The average molecular weight is 368 g/mol. The van der Waals surface area contributed by atoms with E-state index < -0.39 is 23.3 Å². The lowest BCUT2D eigenvalue weighted by molar-refractivity contribution is -0.115. The predicted molar refractivity (Wildman–Crippen MR) is 91.8 cm³/mol. The van der Waals surface area contributed by atoms with Crippen LogP contribution in [0.2, 0.25) is 0 Å². The van der Waals surface area contributed by atoms with Crippen LogP contribution in [0.3, 0.4) is 0 Å². The Morgan fingerprint density at radius 2 is 1.67 bits per heavy atom. The first kappa shape index (κ1) is 18.4. The van der Waals surface area contributed by atoms with Crippen LogP contribution in [-0.2, 0) is 19.4 Å². The topological polar surface area (TPSA) is 127 Å². The monoisotopic (exact) mass is 368 g/mol. The Hall–Kier alpha value is -1.99. The van der Waals surface area contributed by atoms with E-state index in [-0.39, 0.29) is 17.5 Å². The summed E-state index contributed by atoms with van der Waals surface area (Å²) >= 11 is 0. The third kappa shape index (κ3) is 5.01. The smallest absolute Gasteiger partial charge is 0.238 e. The van der Waals surface area contributed by atoms with Crippen LogP contribution in [0.4, 0.5) is 5.69 Å². The molecule has 0 radical (unpaired) electrons. The standard InChI is InChI=1S/C15H17N2O5PS/c16-24(21,22)14-8-6-12(7-9-14)17-15(18)10-11-23(19,20)13-4-2-1-3-5-13/h1-9H,10-11H2,(H,17,18)(H,19,20)(H2,16,21,22). The summed E-state index contributed by atoms with van der Waals surface area (Å²) in [6.45, 7) is 0. The van der Waals surface area contributed by atoms with Gasteiger partial charge in [-0.15, -0.1) is 0 Å². The van der Waals surface area contributed by atoms with Crippen LogP contribution in [0.1, 0.15) is 6.42 Å². The maximum atomic E-state index is 12.2. The molecule has 0 aliphatic carbocycles. The number of sulfonamides is 1. The van der Waals surface area contributed by atoms with E-state index in [0.29, 0.717) is 11.0 Å². The molecule has 2 rings (SSSR count). The molecule has 0 spiro atoms. The third-order valence-electron chi connectivity index (χ3n) is 3.27. The Morgan fingerprint density at radius 1 is 1.08 bits per heavy atom. The summed E-state index contributed by atoms with van der Waals surface area (Å²) in [4.78, 5) is 21.8. The van der Waals surface area contributed by atoms with Crippen LogP contribution in [0.5, 0.6) is 0 Å². The number of anilines is 1. The summed E-state index contributed by atoms with van der Waals surface area (Å²) < 4.78 is 34.5. The van der Waals surface area contributed by atoms with Crippen LogP contribution in [-0.4, -0.2) is 25.4 Å². The second-order valence-electron chi connectivity index (χ2n) is 5.13. The number of carbonyl (C=O) groups excluding carboxylic acids is 1. The summed E-state index contributed by atoms with van der Waals surface area (Å²) in [6.07, 6.45) is -0.322. The quantitative estimate of drug-likeness (QED) is 0.662. The summed E-state index contributed by atoms with van der Waals surface area (Å²) in [6, 6.07) is 13.5. The maximum absolute atomic E-state index is 12.2. The van der Waals surface area contributed by atoms with E-state index >= 15 is 0 Å². The number of benzene rings is 2. The number of rotatable bonds is 6. The van der Waals surface area contributed by atoms with Gasteiger partial charge in [0.1, 0.15) is 0 Å². The van der Waals surface area contributed by atoms with Gasteiger partial charge in [0.05, 0.1) is 4.90 Å². The fourth-order valence-electron chi connectivity index (χ4n) is 1.99. The highest BCUT2D eigenvalue weighted by molar-refractivity contribution is 7.89. The molecule has 0 saturated carbocycles. The molecular weight excluding hydrogens is 351 g/mol. The van der Waals surface area contributed by atoms with Crippen molar-refractivity contribution in [2.24, 2.45) is 5.14 Å². The molecule has 9 heteroatoms. The normalized spacial score (nSPS) is 13.9. The van der Waals surface area contributed by atoms with Gasteiger partial charge in [0.2, 0.25) is 23.3 Å². The molecule has 1 unspecified atom stereocenters. The fourth-order valence-corrected chi connectivity index (χ4v) is 3.91. The Labute approximate surface area is 140 Å². The molecule has 24 heavy (non-hydrogen) atoms. The summed E-state index contributed by atoms with van der Waals surface area (Å²) in [5, 5.41) is 7.82. The van der Waals surface area contributed by atoms with Gasteiger partial charge in [-0.05, 0) is 36.4 Å². The SMILES string of the molecule is NS(=O)(=O)c1ccc(NC(=O)CCP(=O)(O)c2ccccc2)cc1. The number of amides is 1. The highest BCUT2D eigenvalue weighted by Gasteiger charge is 2.22. The van der Waals surface area contributed by atoms with Gasteiger partial charge in [0, 0.05) is 23.6 Å². The van der Waals surface area contributed by atoms with Crippen molar-refractivity contribution >= 4 is 34.3 Å². The largest absolute Gasteiger partial charge is 0.341 e. The number of hydrogen-bond donors (Lipinski definition) is 3. The molecule has 0 heterocycles. The fraction of sp³-hybridized carbons (Fsp3) is 0.133. The minimum atomic E-state index is -3.79. The minimum absolute atomic E-state index is 0.0653. The summed E-state index contributed by atoms with van der Waals surface area (Å²) in [5.41, 5.74) is 0.375. The highest BCUT2D eigenvalue weighted by atomic mass is 32.2. The minimum Gasteiger partial charge on any atom is -0.341 e. The van der Waals surface area contributed by atoms with E-state index in [1.54, 1.807) is 30.3 Å². The molecule has 2 aromatic rings. The van der Waals surface area contributed by atoms with E-state index in [2.05, 4.69) is 5.32 Å². The van der Waals surface area contributed by atoms with Crippen molar-refractivity contribution in [3.05, 3.63) is 54.6 Å². The van der Waals surface area contributed by atoms with Crippen molar-refractivity contribution in [3.63, 3.8) is 0 Å². The molecule has 0 saturated heterocycles. The van der Waals surface area contributed by atoms with Gasteiger partial charge in [-0.2, -0.15) is 0 Å². The van der Waals surface area contributed by atoms with E-state index in [1.165, 1.54) is 24.3 Å². The number of primary sulfonamides is 1. The lowest BCUT2D eigenvalue weighted by Crippen LogP contribution is -2.16. The molecule has 0 aromatic heterocycles. The lowest BCUT2D eigenvalue weighted by atomic mass is 10.3. The Morgan fingerprint density at radius 3 is 2.21 bits per heavy atom. The van der Waals surface area contributed by atoms with Gasteiger partial charge in [0.25, 0.3) is 0 Å². The first-order chi connectivity index (χ1) is 11.2. The van der Waals surface area contributed by atoms with E-state index in [9.17, 15) is 22.7 Å². The lowest BCUT2D eigenvalue weighted by Gasteiger charge is -2.12. The number of carbonyl (C=O) groups is 1. The van der Waals surface area contributed by atoms with Crippen LogP contribution in [0.15, 0.2) is 59.5 Å². The highest BCUT2D eigenvalue weighted by Crippen LogP contribution is 2.39. The Bertz CT molecular complexity index is 866. The molecule has 1 amide bonds. The third-order valence-corrected chi connectivity index (χ3v) is 6.13. The van der Waals surface area contributed by atoms with E-state index in [4.69, 9.17) is 5.14 Å². The zero-order valence-electron chi connectivity index (χ0n) is 12.6. The number of nitrogens with two attached hydrogens (primary N) is 1. The van der Waals surface area contributed by atoms with Gasteiger partial charge in [-0.3, -0.25) is 9.36 Å². The molecule has 7 nitrogen and oxygen atoms in total. The summed E-state index contributed by atoms with van der Waals surface area (Å²) in [5.74, 6) is -0.441. The average Bonchev–Trinajstić information content (AvgIpc) is 2.54. The van der Waals surface area contributed by atoms with E-state index in [1.807, 2.05) is 0 Å². The van der Waals surface area contributed by atoms with Crippen LogP contribution in [0, 0.1) is 0 Å². The van der Waals surface area contributed by atoms with Crippen molar-refractivity contribution in [3.8, 4) is 0 Å². The zero-order chi connectivity index (χ0) is 17.8. The van der Waals surface area contributed by atoms with Crippen LogP contribution < -0.4 is 15.8 Å².